The van der Waals surface area contributed by atoms with Crippen LogP contribution >= 0.6 is 15.9 Å². The van der Waals surface area contributed by atoms with Gasteiger partial charge in [0.2, 0.25) is 0 Å². The van der Waals surface area contributed by atoms with E-state index in [-0.39, 0.29) is 0 Å². The highest BCUT2D eigenvalue weighted by atomic mass is 79.9. The number of hydrogen-bond acceptors (Lipinski definition) is 2. The molecule has 2 rings (SSSR count). The first-order chi connectivity index (χ1) is 10.1. The molecule has 0 aliphatic carbocycles. The molecule has 1 aliphatic rings. The third-order valence-electron chi connectivity index (χ3n) is 4.44. The summed E-state index contributed by atoms with van der Waals surface area (Å²) in [6.07, 6.45) is 4.01. The van der Waals surface area contributed by atoms with Crippen molar-refractivity contribution in [3.8, 4) is 0 Å². The minimum Gasteiger partial charge on any atom is -0.371 e. The lowest BCUT2D eigenvalue weighted by atomic mass is 9.94. The van der Waals surface area contributed by atoms with Gasteiger partial charge in [-0.3, -0.25) is 0 Å². The minimum absolute atomic E-state index is 0.695. The molecule has 1 aromatic carbocycles. The van der Waals surface area contributed by atoms with E-state index >= 15 is 0 Å². The monoisotopic (exact) mass is 352 g/mol. The van der Waals surface area contributed by atoms with Crippen molar-refractivity contribution >= 4 is 21.6 Å². The topological polar surface area (TPSA) is 15.3 Å². The fourth-order valence-corrected chi connectivity index (χ4v) is 3.49. The molecule has 0 spiro atoms. The maximum atomic E-state index is 3.62. The van der Waals surface area contributed by atoms with Crippen LogP contribution in [0.4, 0.5) is 5.69 Å². The van der Waals surface area contributed by atoms with Crippen LogP contribution in [-0.4, -0.2) is 19.6 Å². The van der Waals surface area contributed by atoms with E-state index in [2.05, 4.69) is 65.1 Å². The zero-order chi connectivity index (χ0) is 15.2. The maximum absolute atomic E-state index is 3.62. The first-order valence-corrected chi connectivity index (χ1v) is 9.13. The summed E-state index contributed by atoms with van der Waals surface area (Å²) in [5.74, 6) is 1.63. The molecular weight excluding hydrogens is 324 g/mol. The fraction of sp³-hybridized carbons (Fsp3) is 0.667. The van der Waals surface area contributed by atoms with Crippen LogP contribution in [0.5, 0.6) is 0 Å². The molecule has 0 atom stereocenters. The summed E-state index contributed by atoms with van der Waals surface area (Å²) in [6.45, 7) is 11.3. The molecule has 1 fully saturated rings. The molecule has 1 aliphatic heterocycles. The number of nitrogens with zero attached hydrogens (tertiary/aromatic N) is 1. The van der Waals surface area contributed by atoms with Crippen molar-refractivity contribution in [2.45, 2.75) is 46.6 Å². The molecule has 1 heterocycles. The highest BCUT2D eigenvalue weighted by Gasteiger charge is 2.19. The number of anilines is 1. The van der Waals surface area contributed by atoms with Gasteiger partial charge in [0.1, 0.15) is 0 Å². The Morgan fingerprint density at radius 3 is 2.62 bits per heavy atom. The average molecular weight is 353 g/mol. The van der Waals surface area contributed by atoms with Gasteiger partial charge in [0.05, 0.1) is 0 Å². The normalized spacial score (nSPS) is 16.7. The first-order valence-electron chi connectivity index (χ1n) is 8.34. The number of halogens is 1. The third kappa shape index (κ3) is 5.00. The van der Waals surface area contributed by atoms with Gasteiger partial charge in [0, 0.05) is 29.8 Å². The number of piperidine rings is 1. The highest BCUT2D eigenvalue weighted by Crippen LogP contribution is 2.29. The summed E-state index contributed by atoms with van der Waals surface area (Å²) < 4.78 is 1.18. The second kappa shape index (κ2) is 8.19. The van der Waals surface area contributed by atoms with Gasteiger partial charge in [-0.2, -0.15) is 0 Å². The number of hydrogen-bond donors (Lipinski definition) is 1. The van der Waals surface area contributed by atoms with Crippen LogP contribution in [0, 0.1) is 11.8 Å². The Morgan fingerprint density at radius 1 is 1.29 bits per heavy atom. The first kappa shape index (κ1) is 16.8. The van der Waals surface area contributed by atoms with Gasteiger partial charge in [0.15, 0.2) is 0 Å². The summed E-state index contributed by atoms with van der Waals surface area (Å²) in [6, 6.07) is 6.73. The lowest BCUT2D eigenvalue weighted by Gasteiger charge is -2.34. The molecule has 3 heteroatoms. The third-order valence-corrected chi connectivity index (χ3v) is 4.94. The molecule has 118 valence electrons. The van der Waals surface area contributed by atoms with Crippen molar-refractivity contribution in [3.05, 3.63) is 28.2 Å². The number of nitrogens with one attached hydrogen (secondary N) is 1. The molecule has 0 aromatic heterocycles. The summed E-state index contributed by atoms with van der Waals surface area (Å²) in [4.78, 5) is 2.57. The van der Waals surface area contributed by atoms with E-state index in [9.17, 15) is 0 Å². The predicted molar refractivity (Wildman–Crippen MR) is 95.9 cm³/mol. The van der Waals surface area contributed by atoms with Crippen LogP contribution in [0.25, 0.3) is 0 Å². The van der Waals surface area contributed by atoms with Crippen molar-refractivity contribution in [2.24, 2.45) is 11.8 Å². The SMILES string of the molecule is CCC1CCN(c2ccc(Br)cc2CNCC(C)C)CC1. The Hall–Kier alpha value is -0.540. The van der Waals surface area contributed by atoms with Crippen molar-refractivity contribution < 1.29 is 0 Å². The van der Waals surface area contributed by atoms with Crippen molar-refractivity contribution in [1.82, 2.24) is 5.32 Å². The van der Waals surface area contributed by atoms with Crippen LogP contribution in [0.15, 0.2) is 22.7 Å². The minimum atomic E-state index is 0.695. The molecule has 1 aromatic rings. The largest absolute Gasteiger partial charge is 0.371 e. The smallest absolute Gasteiger partial charge is 0.0412 e. The van der Waals surface area contributed by atoms with Crippen LogP contribution in [0.1, 0.15) is 45.6 Å². The van der Waals surface area contributed by atoms with E-state index in [1.54, 1.807) is 0 Å². The standard InChI is InChI=1S/C18H29BrN2/c1-4-15-7-9-21(10-8-15)18-6-5-17(19)11-16(18)13-20-12-14(2)3/h5-6,11,14-15,20H,4,7-10,12-13H2,1-3H3. The van der Waals surface area contributed by atoms with Crippen molar-refractivity contribution in [1.29, 1.82) is 0 Å². The van der Waals surface area contributed by atoms with E-state index in [0.717, 1.165) is 19.0 Å². The molecule has 21 heavy (non-hydrogen) atoms. The molecule has 0 saturated carbocycles. The Balaban J connectivity index is 2.04. The molecular formula is C18H29BrN2. The van der Waals surface area contributed by atoms with E-state index < -0.39 is 0 Å². The van der Waals surface area contributed by atoms with Gasteiger partial charge in [-0.25, -0.2) is 0 Å². The van der Waals surface area contributed by atoms with Crippen LogP contribution < -0.4 is 10.2 Å². The Bertz CT molecular complexity index is 437. The summed E-state index contributed by atoms with van der Waals surface area (Å²) in [5, 5.41) is 3.58. The van der Waals surface area contributed by atoms with Crippen LogP contribution in [0.2, 0.25) is 0 Å². The second-order valence-corrected chi connectivity index (χ2v) is 7.55. The molecule has 0 unspecified atom stereocenters. The molecule has 0 radical (unpaired) electrons. The summed E-state index contributed by atoms with van der Waals surface area (Å²) >= 11 is 3.62. The molecule has 1 N–H and O–H groups in total. The zero-order valence-corrected chi connectivity index (χ0v) is 15.2. The summed E-state index contributed by atoms with van der Waals surface area (Å²) in [5.41, 5.74) is 2.84. The van der Waals surface area contributed by atoms with Gasteiger partial charge in [-0.1, -0.05) is 43.1 Å². The van der Waals surface area contributed by atoms with Gasteiger partial charge >= 0.3 is 0 Å². The summed E-state index contributed by atoms with van der Waals surface area (Å²) in [7, 11) is 0. The molecule has 0 bridgehead atoms. The lowest BCUT2D eigenvalue weighted by Crippen LogP contribution is -2.34. The fourth-order valence-electron chi connectivity index (χ4n) is 3.08. The van der Waals surface area contributed by atoms with E-state index in [0.29, 0.717) is 5.92 Å². The maximum Gasteiger partial charge on any atom is 0.0412 e. The quantitative estimate of drug-likeness (QED) is 0.789. The van der Waals surface area contributed by atoms with Gasteiger partial charge in [-0.05, 0) is 55.0 Å². The van der Waals surface area contributed by atoms with Crippen LogP contribution in [0.3, 0.4) is 0 Å². The van der Waals surface area contributed by atoms with Gasteiger partial charge < -0.3 is 10.2 Å². The Morgan fingerprint density at radius 2 is 2.00 bits per heavy atom. The lowest BCUT2D eigenvalue weighted by molar-refractivity contribution is 0.394. The predicted octanol–water partition coefficient (Wildman–Crippen LogP) is 4.82. The average Bonchev–Trinajstić information content (AvgIpc) is 2.47. The van der Waals surface area contributed by atoms with Gasteiger partial charge in [0.25, 0.3) is 0 Å². The van der Waals surface area contributed by atoms with E-state index in [1.165, 1.54) is 48.1 Å². The van der Waals surface area contributed by atoms with E-state index in [1.807, 2.05) is 0 Å². The van der Waals surface area contributed by atoms with E-state index in [4.69, 9.17) is 0 Å². The number of benzene rings is 1. The zero-order valence-electron chi connectivity index (χ0n) is 13.7. The Labute approximate surface area is 138 Å². The molecule has 2 nitrogen and oxygen atoms in total. The van der Waals surface area contributed by atoms with Crippen molar-refractivity contribution in [3.63, 3.8) is 0 Å². The molecule has 1 saturated heterocycles. The van der Waals surface area contributed by atoms with Gasteiger partial charge in [-0.15, -0.1) is 0 Å². The molecule has 0 amide bonds. The van der Waals surface area contributed by atoms with Crippen LogP contribution in [-0.2, 0) is 6.54 Å². The van der Waals surface area contributed by atoms with Crippen molar-refractivity contribution in [2.75, 3.05) is 24.5 Å². The Kier molecular flexibility index (Phi) is 6.56. The number of rotatable bonds is 6. The highest BCUT2D eigenvalue weighted by molar-refractivity contribution is 9.10. The second-order valence-electron chi connectivity index (χ2n) is 6.64.